The first kappa shape index (κ1) is 13.6. The zero-order valence-corrected chi connectivity index (χ0v) is 12.8. The highest BCUT2D eigenvalue weighted by Gasteiger charge is 2.24. The molecule has 1 aromatic heterocycles. The zero-order valence-electron chi connectivity index (χ0n) is 11.2. The number of thiazole rings is 1. The Morgan fingerprint density at radius 3 is 2.75 bits per heavy atom. The summed E-state index contributed by atoms with van der Waals surface area (Å²) >= 11 is 1.46. The third kappa shape index (κ3) is 3.02. The lowest BCUT2D eigenvalue weighted by Crippen LogP contribution is -2.11. The molecule has 0 amide bonds. The standard InChI is InChI=1S/C14H16N2O2S2/c1-20(17,18)16-14-15-12-8-7-11(9-13(12)19-14)10-5-3-2-4-6-10/h2-6,11H,7-9H2,1H3,(H,15,16). The molecule has 1 N–H and O–H groups in total. The second kappa shape index (κ2) is 5.18. The molecule has 0 saturated heterocycles. The predicted molar refractivity (Wildman–Crippen MR) is 81.8 cm³/mol. The van der Waals surface area contributed by atoms with E-state index in [1.54, 1.807) is 0 Å². The summed E-state index contributed by atoms with van der Waals surface area (Å²) in [5, 5.41) is 0.492. The normalized spacial score (nSPS) is 18.6. The van der Waals surface area contributed by atoms with E-state index in [0.29, 0.717) is 11.0 Å². The van der Waals surface area contributed by atoms with Crippen molar-refractivity contribution in [2.45, 2.75) is 25.2 Å². The fourth-order valence-electron chi connectivity index (χ4n) is 2.59. The van der Waals surface area contributed by atoms with E-state index in [1.165, 1.54) is 21.8 Å². The van der Waals surface area contributed by atoms with Crippen LogP contribution in [0.2, 0.25) is 0 Å². The van der Waals surface area contributed by atoms with E-state index in [9.17, 15) is 8.42 Å². The van der Waals surface area contributed by atoms with Gasteiger partial charge < -0.3 is 0 Å². The largest absolute Gasteiger partial charge is 0.259 e. The molecule has 0 saturated carbocycles. The van der Waals surface area contributed by atoms with Crippen LogP contribution in [0.5, 0.6) is 0 Å². The van der Waals surface area contributed by atoms with E-state index in [4.69, 9.17) is 0 Å². The number of sulfonamides is 1. The van der Waals surface area contributed by atoms with Gasteiger partial charge in [-0.3, -0.25) is 4.72 Å². The molecule has 1 heterocycles. The number of hydrogen-bond donors (Lipinski definition) is 1. The van der Waals surface area contributed by atoms with Crippen LogP contribution in [0, 0.1) is 0 Å². The Morgan fingerprint density at radius 2 is 2.05 bits per heavy atom. The van der Waals surface area contributed by atoms with Crippen molar-refractivity contribution >= 4 is 26.5 Å². The zero-order chi connectivity index (χ0) is 14.2. The summed E-state index contributed by atoms with van der Waals surface area (Å²) < 4.78 is 25.0. The lowest BCUT2D eigenvalue weighted by molar-refractivity contribution is 0.584. The minimum atomic E-state index is -3.24. The first-order chi connectivity index (χ1) is 9.51. The monoisotopic (exact) mass is 308 g/mol. The quantitative estimate of drug-likeness (QED) is 0.948. The molecule has 1 aromatic carbocycles. The maximum atomic E-state index is 11.3. The summed E-state index contributed by atoms with van der Waals surface area (Å²) in [4.78, 5) is 5.60. The van der Waals surface area contributed by atoms with Crippen LogP contribution in [0.4, 0.5) is 5.13 Å². The molecular formula is C14H16N2O2S2. The lowest BCUT2D eigenvalue weighted by atomic mass is 9.85. The van der Waals surface area contributed by atoms with Crippen molar-refractivity contribution in [1.82, 2.24) is 4.98 Å². The molecule has 0 spiro atoms. The van der Waals surface area contributed by atoms with Crippen LogP contribution in [-0.2, 0) is 22.9 Å². The van der Waals surface area contributed by atoms with Crippen molar-refractivity contribution in [3.63, 3.8) is 0 Å². The Hall–Kier alpha value is -1.40. The second-order valence-corrected chi connectivity index (χ2v) is 7.95. The summed E-state index contributed by atoms with van der Waals surface area (Å²) in [5.41, 5.74) is 2.40. The molecule has 0 radical (unpaired) electrons. The van der Waals surface area contributed by atoms with Crippen molar-refractivity contribution in [3.8, 4) is 0 Å². The number of hydrogen-bond acceptors (Lipinski definition) is 4. The van der Waals surface area contributed by atoms with Crippen molar-refractivity contribution in [2.75, 3.05) is 11.0 Å². The molecular weight excluding hydrogens is 292 g/mol. The van der Waals surface area contributed by atoms with E-state index in [1.807, 2.05) is 6.07 Å². The summed E-state index contributed by atoms with van der Waals surface area (Å²) in [6.07, 6.45) is 4.08. The van der Waals surface area contributed by atoms with Crippen LogP contribution in [0.15, 0.2) is 30.3 Å². The summed E-state index contributed by atoms with van der Waals surface area (Å²) in [5.74, 6) is 0.509. The molecule has 106 valence electrons. The van der Waals surface area contributed by atoms with Gasteiger partial charge in [0.1, 0.15) is 0 Å². The first-order valence-corrected chi connectivity index (χ1v) is 9.23. The van der Waals surface area contributed by atoms with Gasteiger partial charge in [-0.15, -0.1) is 11.3 Å². The Balaban J connectivity index is 1.82. The third-order valence-electron chi connectivity index (χ3n) is 3.48. The first-order valence-electron chi connectivity index (χ1n) is 6.52. The minimum Gasteiger partial charge on any atom is -0.259 e. The smallest absolute Gasteiger partial charge is 0.231 e. The van der Waals surface area contributed by atoms with Gasteiger partial charge in [-0.2, -0.15) is 0 Å². The Morgan fingerprint density at radius 1 is 1.30 bits per heavy atom. The SMILES string of the molecule is CS(=O)(=O)Nc1nc2c(s1)CC(c1ccccc1)CC2. The van der Waals surface area contributed by atoms with Crippen LogP contribution < -0.4 is 4.72 Å². The number of aryl methyl sites for hydroxylation is 1. The Labute approximate surface area is 122 Å². The van der Waals surface area contributed by atoms with Crippen LogP contribution in [0.25, 0.3) is 0 Å². The highest BCUT2D eigenvalue weighted by atomic mass is 32.2. The molecule has 1 atom stereocenters. The van der Waals surface area contributed by atoms with Crippen LogP contribution >= 0.6 is 11.3 Å². The molecule has 6 heteroatoms. The van der Waals surface area contributed by atoms with E-state index >= 15 is 0 Å². The second-order valence-electron chi connectivity index (χ2n) is 5.11. The van der Waals surface area contributed by atoms with Gasteiger partial charge in [-0.1, -0.05) is 30.3 Å². The minimum absolute atomic E-state index is 0.492. The van der Waals surface area contributed by atoms with Gasteiger partial charge in [0, 0.05) is 4.88 Å². The number of nitrogens with one attached hydrogen (secondary N) is 1. The van der Waals surface area contributed by atoms with E-state index < -0.39 is 10.0 Å². The number of benzene rings is 1. The molecule has 2 aromatic rings. The van der Waals surface area contributed by atoms with Gasteiger partial charge in [-0.05, 0) is 30.7 Å². The van der Waals surface area contributed by atoms with Gasteiger partial charge in [0.2, 0.25) is 10.0 Å². The average Bonchev–Trinajstić information content (AvgIpc) is 2.78. The van der Waals surface area contributed by atoms with Crippen LogP contribution in [0.1, 0.15) is 28.5 Å². The van der Waals surface area contributed by atoms with Crippen molar-refractivity contribution in [3.05, 3.63) is 46.5 Å². The maximum absolute atomic E-state index is 11.3. The number of fused-ring (bicyclic) bond motifs is 1. The molecule has 4 nitrogen and oxygen atoms in total. The van der Waals surface area contributed by atoms with Gasteiger partial charge in [0.25, 0.3) is 0 Å². The summed E-state index contributed by atoms with van der Waals surface area (Å²) in [6, 6.07) is 10.5. The van der Waals surface area contributed by atoms with E-state index in [0.717, 1.165) is 31.2 Å². The molecule has 1 aliphatic rings. The molecule has 0 fully saturated rings. The average molecular weight is 308 g/mol. The summed E-state index contributed by atoms with van der Waals surface area (Å²) in [6.45, 7) is 0. The third-order valence-corrected chi connectivity index (χ3v) is 5.21. The molecule has 0 bridgehead atoms. The fraction of sp³-hybridized carbons (Fsp3) is 0.357. The van der Waals surface area contributed by atoms with Gasteiger partial charge >= 0.3 is 0 Å². The van der Waals surface area contributed by atoms with Crippen molar-refractivity contribution in [2.24, 2.45) is 0 Å². The highest BCUT2D eigenvalue weighted by molar-refractivity contribution is 7.92. The number of rotatable bonds is 3. The van der Waals surface area contributed by atoms with Gasteiger partial charge in [0.15, 0.2) is 5.13 Å². The molecule has 1 aliphatic carbocycles. The summed E-state index contributed by atoms with van der Waals surface area (Å²) in [7, 11) is -3.24. The van der Waals surface area contributed by atoms with Crippen LogP contribution in [-0.4, -0.2) is 19.7 Å². The van der Waals surface area contributed by atoms with E-state index in [2.05, 4.69) is 34.0 Å². The lowest BCUT2D eigenvalue weighted by Gasteiger charge is -2.21. The number of anilines is 1. The molecule has 20 heavy (non-hydrogen) atoms. The predicted octanol–water partition coefficient (Wildman–Crippen LogP) is 2.79. The Bertz CT molecular complexity index is 708. The number of nitrogens with zero attached hydrogens (tertiary/aromatic N) is 1. The molecule has 0 aliphatic heterocycles. The van der Waals surface area contributed by atoms with Crippen LogP contribution in [0.3, 0.4) is 0 Å². The van der Waals surface area contributed by atoms with Crippen molar-refractivity contribution in [1.29, 1.82) is 0 Å². The highest BCUT2D eigenvalue weighted by Crippen LogP contribution is 2.36. The topological polar surface area (TPSA) is 59.1 Å². The van der Waals surface area contributed by atoms with Gasteiger partial charge in [0.05, 0.1) is 11.9 Å². The maximum Gasteiger partial charge on any atom is 0.231 e. The van der Waals surface area contributed by atoms with E-state index in [-0.39, 0.29) is 0 Å². The fourth-order valence-corrected chi connectivity index (χ4v) is 4.51. The molecule has 1 unspecified atom stereocenters. The van der Waals surface area contributed by atoms with Crippen molar-refractivity contribution < 1.29 is 8.42 Å². The number of aromatic nitrogens is 1. The van der Waals surface area contributed by atoms with Gasteiger partial charge in [-0.25, -0.2) is 13.4 Å². The Kier molecular flexibility index (Phi) is 3.52. The molecule has 3 rings (SSSR count).